The molecule has 0 spiro atoms. The molecule has 0 fully saturated rings. The van der Waals surface area contributed by atoms with Gasteiger partial charge >= 0.3 is 0 Å². The number of hydrogen-bond donors (Lipinski definition) is 1. The molecule has 0 unspecified atom stereocenters. The van der Waals surface area contributed by atoms with Crippen molar-refractivity contribution in [1.29, 1.82) is 0 Å². The highest BCUT2D eigenvalue weighted by Crippen LogP contribution is 2.15. The summed E-state index contributed by atoms with van der Waals surface area (Å²) in [6.07, 6.45) is 1.70. The smallest absolute Gasteiger partial charge is 0.129 e. The van der Waals surface area contributed by atoms with Gasteiger partial charge in [-0.3, -0.25) is 0 Å². The highest BCUT2D eigenvalue weighted by atomic mass is 16.3. The van der Waals surface area contributed by atoms with Gasteiger partial charge in [-0.05, 0) is 38.2 Å². The van der Waals surface area contributed by atoms with Crippen molar-refractivity contribution in [2.24, 2.45) is 0 Å². The van der Waals surface area contributed by atoms with Crippen molar-refractivity contribution in [2.75, 3.05) is 18.5 Å². The summed E-state index contributed by atoms with van der Waals surface area (Å²) in [4.78, 5) is 6.83. The van der Waals surface area contributed by atoms with Crippen LogP contribution in [0.4, 0.5) is 5.82 Å². The number of hydrogen-bond acceptors (Lipinski definition) is 4. The lowest BCUT2D eigenvalue weighted by Crippen LogP contribution is -2.23. The Morgan fingerprint density at radius 1 is 1.28 bits per heavy atom. The Kier molecular flexibility index (Phi) is 4.36. The van der Waals surface area contributed by atoms with E-state index < -0.39 is 0 Å². The van der Waals surface area contributed by atoms with E-state index in [4.69, 9.17) is 4.42 Å². The predicted molar refractivity (Wildman–Crippen MR) is 72.4 cm³/mol. The molecule has 2 aromatic rings. The van der Waals surface area contributed by atoms with E-state index in [1.807, 2.05) is 37.4 Å². The van der Waals surface area contributed by atoms with Gasteiger partial charge in [-0.25, -0.2) is 4.98 Å². The molecule has 0 aromatic carbocycles. The van der Waals surface area contributed by atoms with Crippen LogP contribution >= 0.6 is 0 Å². The summed E-state index contributed by atoms with van der Waals surface area (Å²) in [6.45, 7) is 4.55. The number of aromatic nitrogens is 1. The van der Waals surface area contributed by atoms with Gasteiger partial charge in [0.05, 0.1) is 18.5 Å². The number of anilines is 1. The van der Waals surface area contributed by atoms with Crippen LogP contribution in [-0.4, -0.2) is 18.6 Å². The monoisotopic (exact) mass is 245 g/mol. The second kappa shape index (κ2) is 6.21. The Balaban J connectivity index is 2.13. The molecule has 0 aliphatic carbocycles. The minimum absolute atomic E-state index is 0.750. The fourth-order valence-corrected chi connectivity index (χ4v) is 1.87. The highest BCUT2D eigenvalue weighted by Gasteiger charge is 2.08. The maximum atomic E-state index is 5.38. The molecule has 96 valence electrons. The molecule has 0 amide bonds. The van der Waals surface area contributed by atoms with Crippen molar-refractivity contribution < 1.29 is 4.42 Å². The lowest BCUT2D eigenvalue weighted by atomic mass is 10.3. The zero-order chi connectivity index (χ0) is 12.8. The standard InChI is InChI=1S/C14H19N3O/c1-3-17(11-13-7-5-9-18-13)14-8-4-6-12(16-14)10-15-2/h4-9,15H,3,10-11H2,1-2H3. The summed E-state index contributed by atoms with van der Waals surface area (Å²) in [5, 5.41) is 3.11. The van der Waals surface area contributed by atoms with Gasteiger partial charge in [0.2, 0.25) is 0 Å². The molecule has 1 N–H and O–H groups in total. The van der Waals surface area contributed by atoms with E-state index in [0.29, 0.717) is 0 Å². The minimum Gasteiger partial charge on any atom is -0.467 e. The summed E-state index contributed by atoms with van der Waals surface area (Å²) >= 11 is 0. The molecule has 4 nitrogen and oxygen atoms in total. The first kappa shape index (κ1) is 12.6. The van der Waals surface area contributed by atoms with Gasteiger partial charge in [0.1, 0.15) is 11.6 Å². The molecule has 2 rings (SSSR count). The van der Waals surface area contributed by atoms with E-state index >= 15 is 0 Å². The van der Waals surface area contributed by atoms with Crippen LogP contribution in [0.25, 0.3) is 0 Å². The van der Waals surface area contributed by atoms with Crippen molar-refractivity contribution in [3.8, 4) is 0 Å². The molecule has 0 bridgehead atoms. The van der Waals surface area contributed by atoms with Crippen LogP contribution in [0.2, 0.25) is 0 Å². The van der Waals surface area contributed by atoms with E-state index in [0.717, 1.165) is 36.9 Å². The molecule has 0 aliphatic rings. The number of nitrogens with zero attached hydrogens (tertiary/aromatic N) is 2. The molecule has 18 heavy (non-hydrogen) atoms. The van der Waals surface area contributed by atoms with E-state index in [-0.39, 0.29) is 0 Å². The summed E-state index contributed by atoms with van der Waals surface area (Å²) in [6, 6.07) is 10.0. The summed E-state index contributed by atoms with van der Waals surface area (Å²) in [7, 11) is 1.93. The molecule has 4 heteroatoms. The molecular weight excluding hydrogens is 226 g/mol. The first-order valence-corrected chi connectivity index (χ1v) is 6.21. The van der Waals surface area contributed by atoms with Gasteiger partial charge in [0.25, 0.3) is 0 Å². The lowest BCUT2D eigenvalue weighted by molar-refractivity contribution is 0.502. The van der Waals surface area contributed by atoms with Crippen molar-refractivity contribution in [3.05, 3.63) is 48.0 Å². The van der Waals surface area contributed by atoms with Crippen LogP contribution in [0.15, 0.2) is 41.0 Å². The fraction of sp³-hybridized carbons (Fsp3) is 0.357. The molecular formula is C14H19N3O. The Hall–Kier alpha value is -1.81. The zero-order valence-electron chi connectivity index (χ0n) is 10.9. The van der Waals surface area contributed by atoms with Crippen molar-refractivity contribution in [3.63, 3.8) is 0 Å². The number of rotatable bonds is 6. The average Bonchev–Trinajstić information content (AvgIpc) is 2.89. The van der Waals surface area contributed by atoms with E-state index in [9.17, 15) is 0 Å². The number of furan rings is 1. The molecule has 0 saturated heterocycles. The van der Waals surface area contributed by atoms with Crippen LogP contribution in [0.1, 0.15) is 18.4 Å². The van der Waals surface area contributed by atoms with Gasteiger partial charge in [0.15, 0.2) is 0 Å². The molecule has 2 heterocycles. The molecule has 0 radical (unpaired) electrons. The topological polar surface area (TPSA) is 41.3 Å². The third kappa shape index (κ3) is 3.11. The first-order valence-electron chi connectivity index (χ1n) is 6.21. The second-order valence-corrected chi connectivity index (χ2v) is 4.11. The maximum absolute atomic E-state index is 5.38. The Labute approximate surface area is 108 Å². The number of nitrogens with one attached hydrogen (secondary N) is 1. The summed E-state index contributed by atoms with van der Waals surface area (Å²) in [5.41, 5.74) is 1.05. The Morgan fingerprint density at radius 2 is 2.17 bits per heavy atom. The van der Waals surface area contributed by atoms with Gasteiger partial charge in [-0.2, -0.15) is 0 Å². The van der Waals surface area contributed by atoms with Crippen LogP contribution in [0.5, 0.6) is 0 Å². The largest absolute Gasteiger partial charge is 0.467 e. The van der Waals surface area contributed by atoms with Crippen LogP contribution < -0.4 is 10.2 Å². The fourth-order valence-electron chi connectivity index (χ4n) is 1.87. The highest BCUT2D eigenvalue weighted by molar-refractivity contribution is 5.39. The molecule has 0 saturated carbocycles. The third-order valence-corrected chi connectivity index (χ3v) is 2.78. The Bertz CT molecular complexity index is 468. The molecule has 2 aromatic heterocycles. The lowest BCUT2D eigenvalue weighted by Gasteiger charge is -2.21. The quantitative estimate of drug-likeness (QED) is 0.848. The van der Waals surface area contributed by atoms with Crippen molar-refractivity contribution in [2.45, 2.75) is 20.0 Å². The Morgan fingerprint density at radius 3 is 2.83 bits per heavy atom. The van der Waals surface area contributed by atoms with Gasteiger partial charge in [-0.15, -0.1) is 0 Å². The van der Waals surface area contributed by atoms with Gasteiger partial charge in [0, 0.05) is 13.1 Å². The van der Waals surface area contributed by atoms with E-state index in [2.05, 4.69) is 22.1 Å². The number of pyridine rings is 1. The maximum Gasteiger partial charge on any atom is 0.129 e. The summed E-state index contributed by atoms with van der Waals surface area (Å²) in [5.74, 6) is 1.94. The predicted octanol–water partition coefficient (Wildman–Crippen LogP) is 2.42. The van der Waals surface area contributed by atoms with Crippen molar-refractivity contribution in [1.82, 2.24) is 10.3 Å². The average molecular weight is 245 g/mol. The minimum atomic E-state index is 0.750. The van der Waals surface area contributed by atoms with E-state index in [1.165, 1.54) is 0 Å². The van der Waals surface area contributed by atoms with E-state index in [1.54, 1.807) is 6.26 Å². The first-order chi connectivity index (χ1) is 8.83. The van der Waals surface area contributed by atoms with Crippen LogP contribution in [0, 0.1) is 0 Å². The SMILES string of the molecule is CCN(Cc1ccco1)c1cccc(CNC)n1. The molecule has 0 atom stereocenters. The molecule has 0 aliphatic heterocycles. The third-order valence-electron chi connectivity index (χ3n) is 2.78. The van der Waals surface area contributed by atoms with Crippen LogP contribution in [0.3, 0.4) is 0 Å². The van der Waals surface area contributed by atoms with Gasteiger partial charge in [-0.1, -0.05) is 6.07 Å². The normalized spacial score (nSPS) is 10.6. The van der Waals surface area contributed by atoms with Gasteiger partial charge < -0.3 is 14.6 Å². The zero-order valence-corrected chi connectivity index (χ0v) is 10.9. The second-order valence-electron chi connectivity index (χ2n) is 4.11. The summed E-state index contributed by atoms with van der Waals surface area (Å²) < 4.78 is 5.38. The van der Waals surface area contributed by atoms with Crippen LogP contribution in [-0.2, 0) is 13.1 Å². The van der Waals surface area contributed by atoms with Crippen molar-refractivity contribution >= 4 is 5.82 Å².